The molecule has 1 fully saturated rings. The maximum absolute atomic E-state index is 8.81. The van der Waals surface area contributed by atoms with Crippen molar-refractivity contribution < 1.29 is 9.84 Å². The van der Waals surface area contributed by atoms with E-state index in [9.17, 15) is 0 Å². The molecule has 0 aromatic rings. The van der Waals surface area contributed by atoms with Crippen LogP contribution in [0.15, 0.2) is 12.7 Å². The topological polar surface area (TPSA) is 29.5 Å². The molecule has 0 amide bonds. The molecule has 2 nitrogen and oxygen atoms in total. The van der Waals surface area contributed by atoms with Crippen molar-refractivity contribution in [3.05, 3.63) is 12.7 Å². The summed E-state index contributed by atoms with van der Waals surface area (Å²) in [5.41, 5.74) is 0. The number of aliphatic hydroxyl groups is 1. The van der Waals surface area contributed by atoms with Crippen LogP contribution in [-0.4, -0.2) is 24.4 Å². The van der Waals surface area contributed by atoms with Crippen molar-refractivity contribution >= 4 is 0 Å². The van der Waals surface area contributed by atoms with Crippen molar-refractivity contribution in [1.82, 2.24) is 0 Å². The van der Waals surface area contributed by atoms with Crippen LogP contribution in [0.2, 0.25) is 0 Å². The molecule has 2 heteroatoms. The van der Waals surface area contributed by atoms with E-state index in [1.807, 2.05) is 6.08 Å². The summed E-state index contributed by atoms with van der Waals surface area (Å²) in [6.07, 6.45) is 3.90. The molecule has 2 atom stereocenters. The van der Waals surface area contributed by atoms with Crippen LogP contribution in [0.4, 0.5) is 0 Å². The Morgan fingerprint density at radius 3 is 3.10 bits per heavy atom. The van der Waals surface area contributed by atoms with Crippen molar-refractivity contribution in [2.24, 2.45) is 5.92 Å². The van der Waals surface area contributed by atoms with E-state index >= 15 is 0 Å². The van der Waals surface area contributed by atoms with Gasteiger partial charge >= 0.3 is 0 Å². The van der Waals surface area contributed by atoms with E-state index in [4.69, 9.17) is 9.84 Å². The molecule has 1 heterocycles. The number of aliphatic hydroxyl groups excluding tert-OH is 1. The van der Waals surface area contributed by atoms with Gasteiger partial charge < -0.3 is 9.84 Å². The summed E-state index contributed by atoms with van der Waals surface area (Å²) in [6.45, 7) is 4.70. The lowest BCUT2D eigenvalue weighted by atomic mass is 9.97. The third-order valence-corrected chi connectivity index (χ3v) is 1.94. The van der Waals surface area contributed by atoms with Gasteiger partial charge in [0.05, 0.1) is 6.10 Å². The molecule has 0 aromatic heterocycles. The summed E-state index contributed by atoms with van der Waals surface area (Å²) in [5, 5.41) is 8.81. The van der Waals surface area contributed by atoms with Gasteiger partial charge in [-0.25, -0.2) is 0 Å². The summed E-state index contributed by atoms with van der Waals surface area (Å²) in [5.74, 6) is 0.428. The van der Waals surface area contributed by atoms with Crippen LogP contribution in [0.5, 0.6) is 0 Å². The Balaban J connectivity index is 2.31. The van der Waals surface area contributed by atoms with Gasteiger partial charge in [0, 0.05) is 13.2 Å². The van der Waals surface area contributed by atoms with Gasteiger partial charge in [-0.2, -0.15) is 0 Å². The highest BCUT2D eigenvalue weighted by atomic mass is 16.5. The summed E-state index contributed by atoms with van der Waals surface area (Å²) < 4.78 is 5.33. The van der Waals surface area contributed by atoms with Crippen LogP contribution in [0.3, 0.4) is 0 Å². The Hall–Kier alpha value is -0.340. The fraction of sp³-hybridized carbons (Fsp3) is 0.750. The van der Waals surface area contributed by atoms with E-state index in [0.29, 0.717) is 5.92 Å². The third kappa shape index (κ3) is 1.82. The molecule has 0 aliphatic carbocycles. The van der Waals surface area contributed by atoms with Crippen LogP contribution >= 0.6 is 0 Å². The Kier molecular flexibility index (Phi) is 2.90. The Morgan fingerprint density at radius 1 is 1.70 bits per heavy atom. The predicted molar refractivity (Wildman–Crippen MR) is 39.7 cm³/mol. The lowest BCUT2D eigenvalue weighted by molar-refractivity contribution is 0.00468. The second-order valence-corrected chi connectivity index (χ2v) is 2.72. The van der Waals surface area contributed by atoms with Crippen molar-refractivity contribution in [3.63, 3.8) is 0 Å². The van der Waals surface area contributed by atoms with Crippen LogP contribution < -0.4 is 0 Å². The average Bonchev–Trinajstić information content (AvgIpc) is 2.05. The fourth-order valence-corrected chi connectivity index (χ4v) is 1.23. The molecule has 1 saturated heterocycles. The first-order chi connectivity index (χ1) is 4.86. The van der Waals surface area contributed by atoms with E-state index in [1.54, 1.807) is 0 Å². The highest BCUT2D eigenvalue weighted by Gasteiger charge is 2.18. The molecule has 2 unspecified atom stereocenters. The molecule has 0 aromatic carbocycles. The van der Waals surface area contributed by atoms with E-state index in [2.05, 4.69) is 6.58 Å². The lowest BCUT2D eigenvalue weighted by Gasteiger charge is -2.25. The Bertz CT molecular complexity index is 112. The van der Waals surface area contributed by atoms with Gasteiger partial charge in [0.15, 0.2) is 0 Å². The first kappa shape index (κ1) is 7.76. The zero-order chi connectivity index (χ0) is 7.40. The molecule has 1 rings (SSSR count). The molecule has 0 radical (unpaired) electrons. The molecule has 1 N–H and O–H groups in total. The molecule has 1 aliphatic rings. The predicted octanol–water partition coefficient (Wildman–Crippen LogP) is 0.960. The van der Waals surface area contributed by atoms with Gasteiger partial charge in [0.25, 0.3) is 0 Å². The minimum atomic E-state index is 0.172. The second kappa shape index (κ2) is 3.74. The van der Waals surface area contributed by atoms with Crippen LogP contribution in [0.1, 0.15) is 12.8 Å². The monoisotopic (exact) mass is 142 g/mol. The standard InChI is InChI=1S/C8H14O2/c1-2-8-5-7(6-9)3-4-10-8/h2,7-9H,1,3-6H2. The first-order valence-electron chi connectivity index (χ1n) is 3.72. The largest absolute Gasteiger partial charge is 0.396 e. The lowest BCUT2D eigenvalue weighted by Crippen LogP contribution is -2.25. The van der Waals surface area contributed by atoms with Crippen LogP contribution in [-0.2, 0) is 4.74 Å². The van der Waals surface area contributed by atoms with Crippen LogP contribution in [0, 0.1) is 5.92 Å². The molecule has 0 saturated carbocycles. The highest BCUT2D eigenvalue weighted by Crippen LogP contribution is 2.19. The Morgan fingerprint density at radius 2 is 2.50 bits per heavy atom. The van der Waals surface area contributed by atoms with Gasteiger partial charge in [-0.1, -0.05) is 6.08 Å². The van der Waals surface area contributed by atoms with Crippen molar-refractivity contribution in [1.29, 1.82) is 0 Å². The van der Waals surface area contributed by atoms with Gasteiger partial charge in [0.1, 0.15) is 0 Å². The summed E-state index contributed by atoms with van der Waals surface area (Å²) >= 11 is 0. The van der Waals surface area contributed by atoms with E-state index in [1.165, 1.54) is 0 Å². The van der Waals surface area contributed by atoms with Crippen molar-refractivity contribution in [2.45, 2.75) is 18.9 Å². The number of rotatable bonds is 2. The highest BCUT2D eigenvalue weighted by molar-refractivity contribution is 4.84. The molecule has 0 bridgehead atoms. The smallest absolute Gasteiger partial charge is 0.0756 e. The zero-order valence-corrected chi connectivity index (χ0v) is 6.12. The van der Waals surface area contributed by atoms with Crippen LogP contribution in [0.25, 0.3) is 0 Å². The number of ether oxygens (including phenoxy) is 1. The zero-order valence-electron chi connectivity index (χ0n) is 6.12. The fourth-order valence-electron chi connectivity index (χ4n) is 1.23. The minimum absolute atomic E-state index is 0.172. The van der Waals surface area contributed by atoms with E-state index in [-0.39, 0.29) is 12.7 Å². The maximum atomic E-state index is 8.81. The molecular formula is C8H14O2. The third-order valence-electron chi connectivity index (χ3n) is 1.94. The van der Waals surface area contributed by atoms with E-state index < -0.39 is 0 Å². The first-order valence-corrected chi connectivity index (χ1v) is 3.72. The minimum Gasteiger partial charge on any atom is -0.396 e. The van der Waals surface area contributed by atoms with Gasteiger partial charge in [0.2, 0.25) is 0 Å². The van der Waals surface area contributed by atoms with Gasteiger partial charge in [-0.3, -0.25) is 0 Å². The van der Waals surface area contributed by atoms with Crippen molar-refractivity contribution in [3.8, 4) is 0 Å². The second-order valence-electron chi connectivity index (χ2n) is 2.72. The molecule has 0 spiro atoms. The number of hydrogen-bond acceptors (Lipinski definition) is 2. The summed E-state index contributed by atoms with van der Waals surface area (Å²) in [4.78, 5) is 0. The number of hydrogen-bond donors (Lipinski definition) is 1. The van der Waals surface area contributed by atoms with Crippen molar-refractivity contribution in [2.75, 3.05) is 13.2 Å². The molecule has 1 aliphatic heterocycles. The van der Waals surface area contributed by atoms with E-state index in [0.717, 1.165) is 19.4 Å². The van der Waals surface area contributed by atoms with Gasteiger partial charge in [-0.05, 0) is 18.8 Å². The summed E-state index contributed by atoms with van der Waals surface area (Å²) in [7, 11) is 0. The summed E-state index contributed by atoms with van der Waals surface area (Å²) in [6, 6.07) is 0. The Labute approximate surface area is 61.5 Å². The molecular weight excluding hydrogens is 128 g/mol. The molecule has 58 valence electrons. The quantitative estimate of drug-likeness (QED) is 0.582. The molecule has 10 heavy (non-hydrogen) atoms. The average molecular weight is 142 g/mol. The SMILES string of the molecule is C=CC1CC(CO)CCO1. The maximum Gasteiger partial charge on any atom is 0.0756 e. The van der Waals surface area contributed by atoms with Gasteiger partial charge in [-0.15, -0.1) is 6.58 Å². The normalized spacial score (nSPS) is 33.7.